The normalized spacial score (nSPS) is 22.8. The highest BCUT2D eigenvalue weighted by Gasteiger charge is 2.36. The SMILES string of the molecule is CC(C)(C)c1cc(C2CC(c3ccc(C(F)(F)F)cc3)CN(C(=O)N3CCC(O)CC3)C2)[nH]n1. The average Bonchev–Trinajstić information content (AvgIpc) is 3.29. The third-order valence-electron chi connectivity index (χ3n) is 6.97. The number of urea groups is 1. The van der Waals surface area contributed by atoms with E-state index in [0.717, 1.165) is 29.1 Å². The Morgan fingerprint density at radius 2 is 1.65 bits per heavy atom. The number of nitrogens with one attached hydrogen (secondary N) is 1. The number of amides is 2. The van der Waals surface area contributed by atoms with E-state index in [1.807, 2.05) is 11.0 Å². The molecule has 2 aliphatic heterocycles. The number of carbonyl (C=O) groups is 1. The second kappa shape index (κ2) is 9.24. The minimum Gasteiger partial charge on any atom is -0.393 e. The Balaban J connectivity index is 1.59. The van der Waals surface area contributed by atoms with Gasteiger partial charge in [-0.25, -0.2) is 4.79 Å². The minimum atomic E-state index is -4.38. The number of carbonyl (C=O) groups excluding carboxylic acids is 1. The number of alkyl halides is 3. The van der Waals surface area contributed by atoms with E-state index in [0.29, 0.717) is 45.4 Å². The first-order chi connectivity index (χ1) is 15.9. The molecule has 0 spiro atoms. The van der Waals surface area contributed by atoms with Gasteiger partial charge in [0, 0.05) is 49.1 Å². The molecule has 0 radical (unpaired) electrons. The molecule has 0 bridgehead atoms. The van der Waals surface area contributed by atoms with Gasteiger partial charge >= 0.3 is 12.2 Å². The summed E-state index contributed by atoms with van der Waals surface area (Å²) in [5.74, 6) is -0.106. The van der Waals surface area contributed by atoms with Gasteiger partial charge in [-0.15, -0.1) is 0 Å². The largest absolute Gasteiger partial charge is 0.416 e. The van der Waals surface area contributed by atoms with Crippen LogP contribution in [0, 0.1) is 0 Å². The highest BCUT2D eigenvalue weighted by molar-refractivity contribution is 5.75. The average molecular weight is 479 g/mol. The van der Waals surface area contributed by atoms with Crippen molar-refractivity contribution in [3.63, 3.8) is 0 Å². The summed E-state index contributed by atoms with van der Waals surface area (Å²) in [6.45, 7) is 8.22. The molecule has 2 saturated heterocycles. The predicted molar refractivity (Wildman–Crippen MR) is 123 cm³/mol. The lowest BCUT2D eigenvalue weighted by molar-refractivity contribution is -0.137. The van der Waals surface area contributed by atoms with Crippen molar-refractivity contribution in [1.82, 2.24) is 20.0 Å². The summed E-state index contributed by atoms with van der Waals surface area (Å²) < 4.78 is 39.2. The van der Waals surface area contributed by atoms with Crippen LogP contribution in [-0.2, 0) is 11.6 Å². The van der Waals surface area contributed by atoms with Crippen LogP contribution in [-0.4, -0.2) is 63.4 Å². The van der Waals surface area contributed by atoms with Gasteiger partial charge in [0.1, 0.15) is 0 Å². The molecule has 2 aromatic rings. The van der Waals surface area contributed by atoms with E-state index in [-0.39, 0.29) is 29.4 Å². The number of aromatic nitrogens is 2. The molecule has 2 unspecified atom stereocenters. The second-order valence-corrected chi connectivity index (χ2v) is 10.6. The predicted octanol–water partition coefficient (Wildman–Crippen LogP) is 4.88. The van der Waals surface area contributed by atoms with E-state index in [1.54, 1.807) is 4.90 Å². The maximum absolute atomic E-state index is 13.4. The molecule has 2 atom stereocenters. The number of aromatic amines is 1. The van der Waals surface area contributed by atoms with Crippen LogP contribution in [0.25, 0.3) is 0 Å². The molecular weight excluding hydrogens is 445 g/mol. The van der Waals surface area contributed by atoms with E-state index < -0.39 is 11.7 Å². The Morgan fingerprint density at radius 1 is 1.03 bits per heavy atom. The van der Waals surface area contributed by atoms with E-state index in [4.69, 9.17) is 0 Å². The number of hydrogen-bond donors (Lipinski definition) is 2. The fourth-order valence-corrected chi connectivity index (χ4v) is 4.85. The molecule has 2 N–H and O–H groups in total. The zero-order chi connectivity index (χ0) is 24.7. The molecule has 2 fully saturated rings. The van der Waals surface area contributed by atoms with Gasteiger partial charge < -0.3 is 14.9 Å². The van der Waals surface area contributed by atoms with Gasteiger partial charge in [-0.3, -0.25) is 5.10 Å². The Hall–Kier alpha value is -2.55. The number of rotatable bonds is 2. The molecule has 2 amide bonds. The maximum atomic E-state index is 13.4. The molecular formula is C25H33F3N4O2. The molecule has 34 heavy (non-hydrogen) atoms. The van der Waals surface area contributed by atoms with Gasteiger partial charge in [0.25, 0.3) is 0 Å². The number of nitrogens with zero attached hydrogens (tertiary/aromatic N) is 3. The standard InChI is InChI=1S/C25H33F3N4O2/c1-24(2,3)22-13-21(29-30-22)18-12-17(16-4-6-19(7-5-16)25(26,27)28)14-32(15-18)23(34)31-10-8-20(33)9-11-31/h4-7,13,17-18,20,33H,8-12,14-15H2,1-3H3,(H,29,30). The van der Waals surface area contributed by atoms with Crippen LogP contribution in [0.1, 0.15) is 74.4 Å². The summed E-state index contributed by atoms with van der Waals surface area (Å²) >= 11 is 0. The molecule has 2 aliphatic rings. The first kappa shape index (κ1) is 24.6. The van der Waals surface area contributed by atoms with Crippen molar-refractivity contribution >= 4 is 6.03 Å². The molecule has 9 heteroatoms. The Kier molecular flexibility index (Phi) is 6.68. The Bertz CT molecular complexity index is 989. The van der Waals surface area contributed by atoms with E-state index in [1.165, 1.54) is 12.1 Å². The molecule has 3 heterocycles. The van der Waals surface area contributed by atoms with Gasteiger partial charge in [-0.2, -0.15) is 18.3 Å². The molecule has 4 rings (SSSR count). The monoisotopic (exact) mass is 478 g/mol. The first-order valence-electron chi connectivity index (χ1n) is 11.9. The smallest absolute Gasteiger partial charge is 0.393 e. The van der Waals surface area contributed by atoms with Crippen LogP contribution in [0.2, 0.25) is 0 Å². The quantitative estimate of drug-likeness (QED) is 0.647. The fourth-order valence-electron chi connectivity index (χ4n) is 4.85. The number of benzene rings is 1. The zero-order valence-electron chi connectivity index (χ0n) is 19.9. The molecule has 6 nitrogen and oxygen atoms in total. The van der Waals surface area contributed by atoms with Crippen LogP contribution >= 0.6 is 0 Å². The lowest BCUT2D eigenvalue weighted by atomic mass is 9.82. The maximum Gasteiger partial charge on any atom is 0.416 e. The molecule has 1 aromatic heterocycles. The van der Waals surface area contributed by atoms with Crippen LogP contribution < -0.4 is 0 Å². The summed E-state index contributed by atoms with van der Waals surface area (Å²) in [6, 6.07) is 7.26. The minimum absolute atomic E-state index is 0.0102. The number of hydrogen-bond acceptors (Lipinski definition) is 3. The van der Waals surface area contributed by atoms with Crippen molar-refractivity contribution in [1.29, 1.82) is 0 Å². The van der Waals surface area contributed by atoms with Gasteiger partial charge in [0.15, 0.2) is 0 Å². The van der Waals surface area contributed by atoms with Crippen molar-refractivity contribution < 1.29 is 23.1 Å². The third kappa shape index (κ3) is 5.40. The van der Waals surface area contributed by atoms with E-state index in [9.17, 15) is 23.1 Å². The molecule has 0 aliphatic carbocycles. The molecule has 1 aromatic carbocycles. The highest BCUT2D eigenvalue weighted by atomic mass is 19.4. The summed E-state index contributed by atoms with van der Waals surface area (Å²) in [7, 11) is 0. The Morgan fingerprint density at radius 3 is 2.21 bits per heavy atom. The molecule has 0 saturated carbocycles. The fraction of sp³-hybridized carbons (Fsp3) is 0.600. The number of H-pyrrole nitrogens is 1. The lowest BCUT2D eigenvalue weighted by Crippen LogP contribution is -2.51. The van der Waals surface area contributed by atoms with Gasteiger partial charge in [0.2, 0.25) is 0 Å². The molecule has 186 valence electrons. The summed E-state index contributed by atoms with van der Waals surface area (Å²) in [4.78, 5) is 16.9. The summed E-state index contributed by atoms with van der Waals surface area (Å²) in [5.41, 5.74) is 1.86. The zero-order valence-corrected chi connectivity index (χ0v) is 19.9. The second-order valence-electron chi connectivity index (χ2n) is 10.6. The van der Waals surface area contributed by atoms with Crippen molar-refractivity contribution in [2.45, 2.75) is 69.6 Å². The topological polar surface area (TPSA) is 72.5 Å². The van der Waals surface area contributed by atoms with Gasteiger partial charge in [-0.05, 0) is 43.0 Å². The van der Waals surface area contributed by atoms with Crippen LogP contribution in [0.4, 0.5) is 18.0 Å². The van der Waals surface area contributed by atoms with Crippen molar-refractivity contribution in [3.05, 3.63) is 52.8 Å². The number of halogens is 3. The van der Waals surface area contributed by atoms with Crippen LogP contribution in [0.5, 0.6) is 0 Å². The number of piperidine rings is 2. The van der Waals surface area contributed by atoms with Crippen molar-refractivity contribution in [2.75, 3.05) is 26.2 Å². The Labute approximate surface area is 198 Å². The number of aliphatic hydroxyl groups excluding tert-OH is 1. The summed E-state index contributed by atoms with van der Waals surface area (Å²) in [5, 5.41) is 17.4. The van der Waals surface area contributed by atoms with Crippen LogP contribution in [0.15, 0.2) is 30.3 Å². The van der Waals surface area contributed by atoms with E-state index >= 15 is 0 Å². The van der Waals surface area contributed by atoms with Gasteiger partial charge in [-0.1, -0.05) is 32.9 Å². The summed E-state index contributed by atoms with van der Waals surface area (Å²) in [6.07, 6.45) is -2.94. The highest BCUT2D eigenvalue weighted by Crippen LogP contribution is 2.38. The van der Waals surface area contributed by atoms with Crippen molar-refractivity contribution in [3.8, 4) is 0 Å². The number of aliphatic hydroxyl groups is 1. The van der Waals surface area contributed by atoms with Gasteiger partial charge in [0.05, 0.1) is 17.4 Å². The first-order valence-corrected chi connectivity index (χ1v) is 11.9. The van der Waals surface area contributed by atoms with Crippen LogP contribution in [0.3, 0.4) is 0 Å². The third-order valence-corrected chi connectivity index (χ3v) is 6.97. The number of likely N-dealkylation sites (tertiary alicyclic amines) is 2. The van der Waals surface area contributed by atoms with Crippen molar-refractivity contribution in [2.24, 2.45) is 0 Å². The van der Waals surface area contributed by atoms with E-state index in [2.05, 4.69) is 31.0 Å². The lowest BCUT2D eigenvalue weighted by Gasteiger charge is -2.41.